The number of carbonyl (C=O) groups is 3. The molecular formula is C18H18ClFN2O3S. The number of benzene rings is 1. The summed E-state index contributed by atoms with van der Waals surface area (Å²) in [5, 5.41) is -0.380. The molecule has 1 aromatic carbocycles. The molecule has 2 fully saturated rings. The van der Waals surface area contributed by atoms with Gasteiger partial charge in [0.2, 0.25) is 5.91 Å². The average Bonchev–Trinajstić information content (AvgIpc) is 2.82. The summed E-state index contributed by atoms with van der Waals surface area (Å²) in [6.07, 6.45) is 5.28. The fourth-order valence-electron chi connectivity index (χ4n) is 2.97. The van der Waals surface area contributed by atoms with Crippen molar-refractivity contribution in [1.82, 2.24) is 9.80 Å². The summed E-state index contributed by atoms with van der Waals surface area (Å²) < 4.78 is 13.9. The van der Waals surface area contributed by atoms with Crippen molar-refractivity contribution in [2.24, 2.45) is 0 Å². The lowest BCUT2D eigenvalue weighted by atomic mass is 10.2. The maximum absolute atomic E-state index is 13.9. The van der Waals surface area contributed by atoms with Crippen LogP contribution in [0.4, 0.5) is 9.18 Å². The minimum Gasteiger partial charge on any atom is -0.341 e. The van der Waals surface area contributed by atoms with E-state index in [4.69, 9.17) is 11.6 Å². The number of amides is 3. The number of hydrogen-bond acceptors (Lipinski definition) is 4. The van der Waals surface area contributed by atoms with E-state index in [-0.39, 0.29) is 27.9 Å². The van der Waals surface area contributed by atoms with Gasteiger partial charge in [-0.05, 0) is 42.8 Å². The summed E-state index contributed by atoms with van der Waals surface area (Å²) in [6, 6.07) is 4.19. The molecule has 3 rings (SSSR count). The molecule has 1 aromatic rings. The number of halogens is 2. The zero-order valence-corrected chi connectivity index (χ0v) is 15.6. The van der Waals surface area contributed by atoms with Gasteiger partial charge >= 0.3 is 0 Å². The molecule has 2 heterocycles. The molecule has 5 nitrogen and oxygen atoms in total. The molecule has 0 unspecified atom stereocenters. The zero-order valence-electron chi connectivity index (χ0n) is 14.0. The van der Waals surface area contributed by atoms with E-state index in [1.165, 1.54) is 24.3 Å². The van der Waals surface area contributed by atoms with E-state index in [2.05, 4.69) is 0 Å². The lowest BCUT2D eigenvalue weighted by Gasteiger charge is -2.22. The maximum Gasteiger partial charge on any atom is 0.294 e. The first-order chi connectivity index (χ1) is 12.5. The molecule has 0 saturated carbocycles. The Balaban J connectivity index is 1.74. The third-order valence-corrected chi connectivity index (χ3v) is 5.64. The maximum atomic E-state index is 13.9. The summed E-state index contributed by atoms with van der Waals surface area (Å²) in [7, 11) is 0. The fraction of sp³-hybridized carbons (Fsp3) is 0.389. The normalized spacial score (nSPS) is 20.0. The van der Waals surface area contributed by atoms with Crippen LogP contribution in [0.5, 0.6) is 0 Å². The summed E-state index contributed by atoms with van der Waals surface area (Å²) in [5.41, 5.74) is 0.0542. The molecular weight excluding hydrogens is 379 g/mol. The quantitative estimate of drug-likeness (QED) is 0.726. The van der Waals surface area contributed by atoms with Crippen molar-refractivity contribution in [2.75, 3.05) is 19.6 Å². The first kappa shape index (κ1) is 18.9. The Hall–Kier alpha value is -1.86. The number of imide groups is 1. The van der Waals surface area contributed by atoms with Gasteiger partial charge in [-0.15, -0.1) is 0 Å². The topological polar surface area (TPSA) is 57.7 Å². The van der Waals surface area contributed by atoms with Gasteiger partial charge < -0.3 is 4.90 Å². The monoisotopic (exact) mass is 396 g/mol. The van der Waals surface area contributed by atoms with Crippen molar-refractivity contribution in [3.63, 3.8) is 0 Å². The van der Waals surface area contributed by atoms with Gasteiger partial charge in [-0.1, -0.05) is 30.5 Å². The lowest BCUT2D eigenvalue weighted by molar-refractivity contribution is -0.135. The lowest BCUT2D eigenvalue weighted by Crippen LogP contribution is -2.42. The molecule has 2 aliphatic rings. The van der Waals surface area contributed by atoms with Crippen molar-refractivity contribution in [3.8, 4) is 0 Å². The van der Waals surface area contributed by atoms with E-state index in [1.807, 2.05) is 0 Å². The molecule has 0 aliphatic carbocycles. The molecule has 0 aromatic heterocycles. The SMILES string of the molecule is O=C(CN1C(=O)S/C(=C/c2c(F)cccc2Cl)C1=O)N1CCCCCC1. The highest BCUT2D eigenvalue weighted by Gasteiger charge is 2.37. The second-order valence-corrected chi connectivity index (χ2v) is 7.60. The molecule has 2 aliphatic heterocycles. The van der Waals surface area contributed by atoms with Crippen molar-refractivity contribution in [3.05, 3.63) is 39.5 Å². The molecule has 138 valence electrons. The van der Waals surface area contributed by atoms with Crippen molar-refractivity contribution in [1.29, 1.82) is 0 Å². The minimum absolute atomic E-state index is 0.0542. The van der Waals surface area contributed by atoms with Gasteiger partial charge in [0, 0.05) is 18.7 Å². The number of hydrogen-bond donors (Lipinski definition) is 0. The van der Waals surface area contributed by atoms with Crippen LogP contribution in [0, 0.1) is 5.82 Å². The number of thioether (sulfide) groups is 1. The van der Waals surface area contributed by atoms with Crippen molar-refractivity contribution >= 4 is 46.5 Å². The molecule has 0 radical (unpaired) electrons. The highest BCUT2D eigenvalue weighted by Crippen LogP contribution is 2.34. The summed E-state index contributed by atoms with van der Waals surface area (Å²) in [5.74, 6) is -1.41. The number of nitrogens with zero attached hydrogens (tertiary/aromatic N) is 2. The highest BCUT2D eigenvalue weighted by atomic mass is 35.5. The van der Waals surface area contributed by atoms with Crippen molar-refractivity contribution in [2.45, 2.75) is 25.7 Å². The third-order valence-electron chi connectivity index (χ3n) is 4.40. The predicted molar refractivity (Wildman–Crippen MR) is 99.1 cm³/mol. The Morgan fingerprint density at radius 1 is 1.19 bits per heavy atom. The van der Waals surface area contributed by atoms with Gasteiger partial charge in [-0.3, -0.25) is 19.3 Å². The zero-order chi connectivity index (χ0) is 18.7. The van der Waals surface area contributed by atoms with Gasteiger partial charge in [0.05, 0.1) is 9.93 Å². The van der Waals surface area contributed by atoms with Crippen LogP contribution in [0.15, 0.2) is 23.1 Å². The van der Waals surface area contributed by atoms with Gasteiger partial charge in [0.1, 0.15) is 12.4 Å². The molecule has 0 spiro atoms. The Bertz CT molecular complexity index is 755. The van der Waals surface area contributed by atoms with Gasteiger partial charge in [-0.2, -0.15) is 0 Å². The van der Waals surface area contributed by atoms with Gasteiger partial charge in [0.15, 0.2) is 0 Å². The van der Waals surface area contributed by atoms with E-state index in [0.717, 1.165) is 30.6 Å². The van der Waals surface area contributed by atoms with E-state index in [1.54, 1.807) is 4.90 Å². The van der Waals surface area contributed by atoms with Crippen LogP contribution < -0.4 is 0 Å². The van der Waals surface area contributed by atoms with E-state index in [0.29, 0.717) is 24.9 Å². The molecule has 3 amide bonds. The Morgan fingerprint density at radius 3 is 2.54 bits per heavy atom. The van der Waals surface area contributed by atoms with E-state index < -0.39 is 17.0 Å². The molecule has 0 bridgehead atoms. The highest BCUT2D eigenvalue weighted by molar-refractivity contribution is 8.18. The van der Waals surface area contributed by atoms with E-state index >= 15 is 0 Å². The van der Waals surface area contributed by atoms with Crippen LogP contribution in [0.3, 0.4) is 0 Å². The number of carbonyl (C=O) groups excluding carboxylic acids is 3. The minimum atomic E-state index is -0.595. The summed E-state index contributed by atoms with van der Waals surface area (Å²) >= 11 is 6.65. The number of rotatable bonds is 3. The smallest absolute Gasteiger partial charge is 0.294 e. The standard InChI is InChI=1S/C18H18ClFN2O3S/c19-13-6-5-7-14(20)12(13)10-15-17(24)22(18(25)26-15)11-16(23)21-8-3-1-2-4-9-21/h5-7,10H,1-4,8-9,11H2/b15-10+. The Morgan fingerprint density at radius 2 is 1.88 bits per heavy atom. The van der Waals surface area contributed by atoms with Crippen LogP contribution >= 0.6 is 23.4 Å². The van der Waals surface area contributed by atoms with Gasteiger partial charge in [-0.25, -0.2) is 4.39 Å². The molecule has 0 atom stereocenters. The van der Waals surface area contributed by atoms with Crippen LogP contribution in [0.2, 0.25) is 5.02 Å². The third kappa shape index (κ3) is 4.10. The van der Waals surface area contributed by atoms with Crippen LogP contribution in [0.1, 0.15) is 31.2 Å². The summed E-state index contributed by atoms with van der Waals surface area (Å²) in [4.78, 5) is 39.8. The van der Waals surface area contributed by atoms with Gasteiger partial charge in [0.25, 0.3) is 11.1 Å². The van der Waals surface area contributed by atoms with Crippen LogP contribution in [-0.2, 0) is 9.59 Å². The average molecular weight is 397 g/mol. The molecule has 8 heteroatoms. The second kappa shape index (κ2) is 8.22. The fourth-order valence-corrected chi connectivity index (χ4v) is 4.01. The van der Waals surface area contributed by atoms with Crippen LogP contribution in [0.25, 0.3) is 6.08 Å². The first-order valence-corrected chi connectivity index (χ1v) is 9.64. The largest absolute Gasteiger partial charge is 0.341 e. The van der Waals surface area contributed by atoms with Crippen LogP contribution in [-0.4, -0.2) is 46.5 Å². The molecule has 2 saturated heterocycles. The Kier molecular flexibility index (Phi) is 5.98. The summed E-state index contributed by atoms with van der Waals surface area (Å²) in [6.45, 7) is 1.01. The molecule has 0 N–H and O–H groups in total. The van der Waals surface area contributed by atoms with E-state index in [9.17, 15) is 18.8 Å². The Labute approximate surface area is 160 Å². The number of likely N-dealkylation sites (tertiary alicyclic amines) is 1. The first-order valence-electron chi connectivity index (χ1n) is 8.44. The van der Waals surface area contributed by atoms with Crippen molar-refractivity contribution < 1.29 is 18.8 Å². The second-order valence-electron chi connectivity index (χ2n) is 6.20. The molecule has 26 heavy (non-hydrogen) atoms. The predicted octanol–water partition coefficient (Wildman–Crippen LogP) is 3.92.